The van der Waals surface area contributed by atoms with Crippen LogP contribution in [0.3, 0.4) is 0 Å². The lowest BCUT2D eigenvalue weighted by atomic mass is 9.99. The van der Waals surface area contributed by atoms with Crippen LogP contribution in [0.4, 0.5) is 0 Å². The van der Waals surface area contributed by atoms with Crippen LogP contribution in [0.2, 0.25) is 0 Å². The fraction of sp³-hybridized carbons (Fsp3) is 0.261. The third-order valence-electron chi connectivity index (χ3n) is 5.29. The molecule has 5 nitrogen and oxygen atoms in total. The second kappa shape index (κ2) is 7.71. The molecule has 0 saturated carbocycles. The van der Waals surface area contributed by atoms with Crippen molar-refractivity contribution in [3.8, 4) is 0 Å². The van der Waals surface area contributed by atoms with Crippen LogP contribution in [0.5, 0.6) is 0 Å². The van der Waals surface area contributed by atoms with Crippen molar-refractivity contribution >= 4 is 26.6 Å². The van der Waals surface area contributed by atoms with Gasteiger partial charge in [0.1, 0.15) is 6.23 Å². The van der Waals surface area contributed by atoms with Gasteiger partial charge in [0.05, 0.1) is 17.9 Å². The first-order valence-corrected chi connectivity index (χ1v) is 11.0. The van der Waals surface area contributed by atoms with E-state index in [-0.39, 0.29) is 29.7 Å². The lowest BCUT2D eigenvalue weighted by Crippen LogP contribution is -2.41. The van der Waals surface area contributed by atoms with E-state index in [1.165, 1.54) is 4.31 Å². The Kier molecular flexibility index (Phi) is 5.25. The molecule has 0 bridgehead atoms. The maximum Gasteiger partial charge on any atom is 0.245 e. The molecule has 3 aromatic carbocycles. The normalized spacial score (nSPS) is 20.2. The summed E-state index contributed by atoms with van der Waals surface area (Å²) in [7, 11) is -3.77. The number of hydrogen-bond acceptors (Lipinski definition) is 4. The molecule has 6 heteroatoms. The van der Waals surface area contributed by atoms with E-state index in [1.54, 1.807) is 37.3 Å². The van der Waals surface area contributed by atoms with Gasteiger partial charge >= 0.3 is 0 Å². The van der Waals surface area contributed by atoms with E-state index in [4.69, 9.17) is 4.74 Å². The lowest BCUT2D eigenvalue weighted by molar-refractivity contribution is 0.0539. The summed E-state index contributed by atoms with van der Waals surface area (Å²) in [4.78, 5) is 13.3. The Hall–Kier alpha value is -2.54. The number of ether oxygens (including phenoxy) is 1. The van der Waals surface area contributed by atoms with Crippen molar-refractivity contribution in [3.63, 3.8) is 0 Å². The average Bonchev–Trinajstić information content (AvgIpc) is 3.08. The number of nitrogens with zero attached hydrogens (tertiary/aromatic N) is 1. The summed E-state index contributed by atoms with van der Waals surface area (Å²) < 4.78 is 33.5. The van der Waals surface area contributed by atoms with E-state index in [0.29, 0.717) is 5.56 Å². The van der Waals surface area contributed by atoms with Crippen molar-refractivity contribution in [3.05, 3.63) is 77.9 Å². The minimum Gasteiger partial charge on any atom is -0.360 e. The highest BCUT2D eigenvalue weighted by atomic mass is 32.2. The molecule has 1 fully saturated rings. The number of carbonyl (C=O) groups is 1. The van der Waals surface area contributed by atoms with Gasteiger partial charge in [0.15, 0.2) is 5.78 Å². The van der Waals surface area contributed by atoms with Gasteiger partial charge in [0.2, 0.25) is 10.0 Å². The summed E-state index contributed by atoms with van der Waals surface area (Å²) in [6, 6.07) is 19.6. The van der Waals surface area contributed by atoms with E-state index in [9.17, 15) is 13.2 Å². The van der Waals surface area contributed by atoms with Crippen molar-refractivity contribution in [1.82, 2.24) is 4.31 Å². The molecule has 0 unspecified atom stereocenters. The Balaban J connectivity index is 1.64. The van der Waals surface area contributed by atoms with E-state index in [2.05, 4.69) is 0 Å². The van der Waals surface area contributed by atoms with Crippen LogP contribution < -0.4 is 0 Å². The summed E-state index contributed by atoms with van der Waals surface area (Å²) in [5.41, 5.74) is 1.57. The third kappa shape index (κ3) is 3.71. The van der Waals surface area contributed by atoms with Gasteiger partial charge in [-0.3, -0.25) is 4.79 Å². The highest BCUT2D eigenvalue weighted by molar-refractivity contribution is 7.89. The molecular formula is C23H23NO4S. The second-order valence-electron chi connectivity index (χ2n) is 7.44. The van der Waals surface area contributed by atoms with E-state index < -0.39 is 16.3 Å². The molecular weight excluding hydrogens is 386 g/mol. The molecule has 0 radical (unpaired) electrons. The van der Waals surface area contributed by atoms with Crippen LogP contribution >= 0.6 is 0 Å². The first-order valence-electron chi connectivity index (χ1n) is 9.61. The Morgan fingerprint density at radius 3 is 2.48 bits per heavy atom. The molecule has 0 spiro atoms. The van der Waals surface area contributed by atoms with Crippen molar-refractivity contribution in [2.24, 2.45) is 0 Å². The van der Waals surface area contributed by atoms with Gasteiger partial charge in [-0.1, -0.05) is 60.2 Å². The molecule has 4 rings (SSSR count). The Bertz CT molecular complexity index is 1150. The van der Waals surface area contributed by atoms with Gasteiger partial charge in [0, 0.05) is 11.6 Å². The molecule has 1 saturated heterocycles. The second-order valence-corrected chi connectivity index (χ2v) is 9.28. The van der Waals surface area contributed by atoms with Gasteiger partial charge in [-0.05, 0) is 36.8 Å². The molecule has 1 heterocycles. The van der Waals surface area contributed by atoms with Gasteiger partial charge < -0.3 is 4.74 Å². The predicted octanol–water partition coefficient (Wildman–Crippen LogP) is 4.16. The fourth-order valence-corrected chi connectivity index (χ4v) is 5.49. The third-order valence-corrected chi connectivity index (χ3v) is 7.31. The highest BCUT2D eigenvalue weighted by Crippen LogP contribution is 2.30. The maximum atomic E-state index is 13.2. The van der Waals surface area contributed by atoms with Gasteiger partial charge in [-0.2, -0.15) is 4.31 Å². The number of sulfonamides is 1. The van der Waals surface area contributed by atoms with Crippen LogP contribution in [-0.4, -0.2) is 37.4 Å². The number of fused-ring (bicyclic) bond motifs is 1. The Morgan fingerprint density at radius 2 is 1.72 bits per heavy atom. The summed E-state index contributed by atoms with van der Waals surface area (Å²) in [5.74, 6) is -0.134. The molecule has 2 atom stereocenters. The Labute approximate surface area is 171 Å². The zero-order chi connectivity index (χ0) is 20.6. The lowest BCUT2D eigenvalue weighted by Gasteiger charge is -2.25. The zero-order valence-corrected chi connectivity index (χ0v) is 17.2. The van der Waals surface area contributed by atoms with Crippen molar-refractivity contribution in [2.45, 2.75) is 37.4 Å². The molecule has 150 valence electrons. The van der Waals surface area contributed by atoms with Gasteiger partial charge in [-0.25, -0.2) is 8.42 Å². The van der Waals surface area contributed by atoms with Crippen LogP contribution in [0.25, 0.3) is 10.8 Å². The van der Waals surface area contributed by atoms with Crippen LogP contribution in [0.1, 0.15) is 29.3 Å². The predicted molar refractivity (Wildman–Crippen MR) is 112 cm³/mol. The standard InChI is InChI=1S/C23H23NO4S/c1-16-10-12-19(13-11-16)29(26,27)24-17(2)15-28-23(24)14-22(25)21-9-5-7-18-6-3-4-8-20(18)21/h3-13,17,23H,14-15H2,1-2H3/t17-,23-/m0/s1. The molecule has 29 heavy (non-hydrogen) atoms. The summed E-state index contributed by atoms with van der Waals surface area (Å²) in [5, 5.41) is 1.84. The van der Waals surface area contributed by atoms with E-state index >= 15 is 0 Å². The highest BCUT2D eigenvalue weighted by Gasteiger charge is 2.42. The van der Waals surface area contributed by atoms with E-state index in [0.717, 1.165) is 16.3 Å². The van der Waals surface area contributed by atoms with Gasteiger partial charge in [-0.15, -0.1) is 0 Å². The summed E-state index contributed by atoms with van der Waals surface area (Å²) in [6.07, 6.45) is -0.841. The number of benzene rings is 3. The van der Waals surface area contributed by atoms with Crippen LogP contribution in [-0.2, 0) is 14.8 Å². The Morgan fingerprint density at radius 1 is 1.03 bits per heavy atom. The number of Topliss-reactive ketones (excluding diaryl/α,β-unsaturated/α-hetero) is 1. The largest absolute Gasteiger partial charge is 0.360 e. The first kappa shape index (κ1) is 19.8. The average molecular weight is 410 g/mol. The van der Waals surface area contributed by atoms with Crippen LogP contribution in [0.15, 0.2) is 71.6 Å². The minimum atomic E-state index is -3.77. The summed E-state index contributed by atoms with van der Waals surface area (Å²) >= 11 is 0. The van der Waals surface area contributed by atoms with Crippen molar-refractivity contribution in [2.75, 3.05) is 6.61 Å². The van der Waals surface area contributed by atoms with Crippen LogP contribution in [0, 0.1) is 6.92 Å². The molecule has 1 aliphatic rings. The number of rotatable bonds is 5. The quantitative estimate of drug-likeness (QED) is 0.594. The van der Waals surface area contributed by atoms with Crippen molar-refractivity contribution in [1.29, 1.82) is 0 Å². The van der Waals surface area contributed by atoms with Gasteiger partial charge in [0.25, 0.3) is 0 Å². The number of hydrogen-bond donors (Lipinski definition) is 0. The molecule has 0 N–H and O–H groups in total. The SMILES string of the molecule is Cc1ccc(S(=O)(=O)N2[C@H](CC(=O)c3cccc4ccccc34)OC[C@@H]2C)cc1. The maximum absolute atomic E-state index is 13.2. The topological polar surface area (TPSA) is 63.7 Å². The number of aryl methyl sites for hydroxylation is 1. The molecule has 1 aliphatic heterocycles. The molecule has 0 amide bonds. The zero-order valence-electron chi connectivity index (χ0n) is 16.4. The first-order chi connectivity index (χ1) is 13.9. The monoisotopic (exact) mass is 409 g/mol. The molecule has 0 aliphatic carbocycles. The van der Waals surface area contributed by atoms with Crippen molar-refractivity contribution < 1.29 is 17.9 Å². The fourth-order valence-electron chi connectivity index (χ4n) is 3.79. The van der Waals surface area contributed by atoms with E-state index in [1.807, 2.05) is 43.3 Å². The minimum absolute atomic E-state index is 0.0244. The summed E-state index contributed by atoms with van der Waals surface area (Å²) in [6.45, 7) is 3.97. The number of ketones is 1. The number of carbonyl (C=O) groups excluding carboxylic acids is 1. The smallest absolute Gasteiger partial charge is 0.245 e. The molecule has 0 aromatic heterocycles. The molecule has 3 aromatic rings.